The van der Waals surface area contributed by atoms with Gasteiger partial charge in [-0.05, 0) is 47.5 Å². The summed E-state index contributed by atoms with van der Waals surface area (Å²) >= 11 is 5.93. The summed E-state index contributed by atoms with van der Waals surface area (Å²) in [7, 11) is 0. The van der Waals surface area contributed by atoms with E-state index < -0.39 is 12.1 Å². The summed E-state index contributed by atoms with van der Waals surface area (Å²) < 4.78 is 0. The number of halogens is 1. The van der Waals surface area contributed by atoms with Crippen molar-refractivity contribution in [3.05, 3.63) is 77.3 Å². The molecule has 1 radical (unpaired) electrons. The molecule has 3 aromatic rings. The van der Waals surface area contributed by atoms with E-state index in [0.29, 0.717) is 17.1 Å². The number of hydrogen-bond acceptors (Lipinski definition) is 3. The van der Waals surface area contributed by atoms with Gasteiger partial charge in [0.05, 0.1) is 6.04 Å². The van der Waals surface area contributed by atoms with E-state index in [0.717, 1.165) is 16.3 Å². The Morgan fingerprint density at radius 3 is 2.37 bits per heavy atom. The van der Waals surface area contributed by atoms with Gasteiger partial charge in [-0.25, -0.2) is 0 Å². The van der Waals surface area contributed by atoms with E-state index in [2.05, 4.69) is 0 Å². The predicted molar refractivity (Wildman–Crippen MR) is 110 cm³/mol. The fourth-order valence-corrected chi connectivity index (χ4v) is 3.16. The van der Waals surface area contributed by atoms with Crippen LogP contribution in [0.2, 0.25) is 5.02 Å². The number of carbonyl (C=O) groups excluding carboxylic acids is 2. The summed E-state index contributed by atoms with van der Waals surface area (Å²) in [5, 5.41) is 2.65. The van der Waals surface area contributed by atoms with Gasteiger partial charge in [0.25, 0.3) is 0 Å². The van der Waals surface area contributed by atoms with Gasteiger partial charge in [-0.1, -0.05) is 54.1 Å². The third-order valence-corrected chi connectivity index (χ3v) is 4.68. The predicted octanol–water partition coefficient (Wildman–Crippen LogP) is 3.89. The Kier molecular flexibility index (Phi) is 5.89. The lowest BCUT2D eigenvalue weighted by Gasteiger charge is -2.30. The summed E-state index contributed by atoms with van der Waals surface area (Å²) in [6.07, 6.45) is 2.34. The molecule has 0 aliphatic carbocycles. The fraction of sp³-hybridized carbons (Fsp3) is 0.182. The van der Waals surface area contributed by atoms with Crippen molar-refractivity contribution in [1.29, 1.82) is 0 Å². The van der Waals surface area contributed by atoms with Crippen LogP contribution in [-0.4, -0.2) is 24.3 Å². The largest absolute Gasteiger partial charge is 0.320 e. The molecule has 0 aliphatic rings. The van der Waals surface area contributed by atoms with Gasteiger partial charge in [0.15, 0.2) is 0 Å². The van der Waals surface area contributed by atoms with Gasteiger partial charge in [0, 0.05) is 17.1 Å². The summed E-state index contributed by atoms with van der Waals surface area (Å²) in [5.41, 5.74) is 7.36. The maximum absolute atomic E-state index is 12.8. The van der Waals surface area contributed by atoms with E-state index in [9.17, 15) is 9.59 Å². The minimum absolute atomic E-state index is 0.325. The Morgan fingerprint density at radius 2 is 1.74 bits per heavy atom. The van der Waals surface area contributed by atoms with Crippen LogP contribution in [0.15, 0.2) is 66.7 Å². The van der Waals surface area contributed by atoms with E-state index >= 15 is 0 Å². The van der Waals surface area contributed by atoms with E-state index in [1.54, 1.807) is 19.1 Å². The van der Waals surface area contributed by atoms with Crippen molar-refractivity contribution >= 4 is 40.3 Å². The molecule has 0 saturated carbocycles. The molecule has 0 aromatic heterocycles. The number of nitrogens with two attached hydrogens (primary N) is 1. The number of benzene rings is 3. The molecular formula is C22H20ClN2O2. The molecule has 0 aliphatic heterocycles. The molecule has 1 amide bonds. The molecule has 3 rings (SSSR count). The second-order valence-electron chi connectivity index (χ2n) is 6.49. The summed E-state index contributed by atoms with van der Waals surface area (Å²) in [6.45, 7) is 1.61. The SMILES string of the molecule is C[C@H](N)C(=O)N(c1ccc2ccccc2c1)[C@H]([C]=O)Cc1ccc(Cl)cc1. The van der Waals surface area contributed by atoms with Gasteiger partial charge < -0.3 is 5.73 Å². The topological polar surface area (TPSA) is 63.4 Å². The number of anilines is 1. The first kappa shape index (κ1) is 19.1. The van der Waals surface area contributed by atoms with Crippen LogP contribution in [0, 0.1) is 0 Å². The average Bonchev–Trinajstić information content (AvgIpc) is 2.68. The Morgan fingerprint density at radius 1 is 1.07 bits per heavy atom. The Bertz CT molecular complexity index is 954. The van der Waals surface area contributed by atoms with E-state index in [1.807, 2.05) is 60.9 Å². The minimum Gasteiger partial charge on any atom is -0.320 e. The second-order valence-corrected chi connectivity index (χ2v) is 6.93. The maximum Gasteiger partial charge on any atom is 0.244 e. The van der Waals surface area contributed by atoms with Crippen LogP contribution in [0.1, 0.15) is 12.5 Å². The zero-order valence-corrected chi connectivity index (χ0v) is 15.7. The van der Waals surface area contributed by atoms with Crippen molar-refractivity contribution in [2.45, 2.75) is 25.4 Å². The van der Waals surface area contributed by atoms with Crippen molar-refractivity contribution in [2.75, 3.05) is 4.90 Å². The van der Waals surface area contributed by atoms with Crippen molar-refractivity contribution in [3.8, 4) is 0 Å². The van der Waals surface area contributed by atoms with Crippen LogP contribution in [-0.2, 0) is 16.0 Å². The number of amides is 1. The lowest BCUT2D eigenvalue weighted by atomic mass is 10.0. The molecule has 2 atom stereocenters. The van der Waals surface area contributed by atoms with Crippen LogP contribution in [0.5, 0.6) is 0 Å². The number of rotatable bonds is 6. The third-order valence-electron chi connectivity index (χ3n) is 4.43. The highest BCUT2D eigenvalue weighted by Crippen LogP contribution is 2.25. The van der Waals surface area contributed by atoms with E-state index in [-0.39, 0.29) is 5.91 Å². The lowest BCUT2D eigenvalue weighted by molar-refractivity contribution is -0.119. The molecule has 0 heterocycles. The monoisotopic (exact) mass is 379 g/mol. The summed E-state index contributed by atoms with van der Waals surface area (Å²) in [5.74, 6) is -0.326. The van der Waals surface area contributed by atoms with Gasteiger partial charge in [0.2, 0.25) is 12.2 Å². The summed E-state index contributed by atoms with van der Waals surface area (Å²) in [6, 6.07) is 19.1. The molecule has 27 heavy (non-hydrogen) atoms. The van der Waals surface area contributed by atoms with Gasteiger partial charge >= 0.3 is 0 Å². The molecule has 0 bridgehead atoms. The third kappa shape index (κ3) is 4.35. The molecule has 137 valence electrons. The van der Waals surface area contributed by atoms with Crippen LogP contribution in [0.3, 0.4) is 0 Å². The highest BCUT2D eigenvalue weighted by Gasteiger charge is 2.28. The Hall–Kier alpha value is -2.69. The number of hydrogen-bond donors (Lipinski definition) is 1. The number of carbonyl (C=O) groups is 1. The first-order valence-corrected chi connectivity index (χ1v) is 9.07. The molecule has 0 spiro atoms. The molecule has 3 aromatic carbocycles. The van der Waals surface area contributed by atoms with Crippen LogP contribution in [0.25, 0.3) is 10.8 Å². The summed E-state index contributed by atoms with van der Waals surface area (Å²) in [4.78, 5) is 26.1. The molecule has 0 fully saturated rings. The molecule has 4 nitrogen and oxygen atoms in total. The lowest BCUT2D eigenvalue weighted by Crippen LogP contribution is -2.49. The fourth-order valence-electron chi connectivity index (χ4n) is 3.04. The molecule has 0 unspecified atom stereocenters. The van der Waals surface area contributed by atoms with Crippen LogP contribution >= 0.6 is 11.6 Å². The molecule has 0 saturated heterocycles. The van der Waals surface area contributed by atoms with Crippen molar-refractivity contribution < 1.29 is 9.59 Å². The highest BCUT2D eigenvalue weighted by molar-refractivity contribution is 6.30. The standard InChI is InChI=1S/C22H20ClN2O2/c1-15(24)22(27)25(20-11-8-17-4-2-3-5-18(17)13-20)21(14-26)12-16-6-9-19(23)10-7-16/h2-11,13,15,21H,12,24H2,1H3/t15-,21-/m0/s1. The minimum atomic E-state index is -0.786. The van der Waals surface area contributed by atoms with Crippen molar-refractivity contribution in [2.24, 2.45) is 5.73 Å². The smallest absolute Gasteiger partial charge is 0.244 e. The number of fused-ring (bicyclic) bond motifs is 1. The Labute approximate surface area is 163 Å². The second kappa shape index (κ2) is 8.33. The van der Waals surface area contributed by atoms with Gasteiger partial charge in [-0.2, -0.15) is 0 Å². The molecular weight excluding hydrogens is 360 g/mol. The highest BCUT2D eigenvalue weighted by atomic mass is 35.5. The maximum atomic E-state index is 12.8. The van der Waals surface area contributed by atoms with Crippen molar-refractivity contribution in [3.63, 3.8) is 0 Å². The Balaban J connectivity index is 2.01. The van der Waals surface area contributed by atoms with E-state index in [1.165, 1.54) is 4.90 Å². The van der Waals surface area contributed by atoms with E-state index in [4.69, 9.17) is 17.3 Å². The molecule has 5 heteroatoms. The zero-order valence-electron chi connectivity index (χ0n) is 14.9. The van der Waals surface area contributed by atoms with Crippen LogP contribution in [0.4, 0.5) is 5.69 Å². The first-order valence-electron chi connectivity index (χ1n) is 8.69. The quantitative estimate of drug-likeness (QED) is 0.706. The van der Waals surface area contributed by atoms with Crippen molar-refractivity contribution in [1.82, 2.24) is 0 Å². The first-order chi connectivity index (χ1) is 13.0. The average molecular weight is 380 g/mol. The molecule has 2 N–H and O–H groups in total. The zero-order chi connectivity index (χ0) is 19.4. The van der Waals surface area contributed by atoms with Gasteiger partial charge in [-0.3, -0.25) is 14.5 Å². The normalized spacial score (nSPS) is 13.1. The van der Waals surface area contributed by atoms with Gasteiger partial charge in [-0.15, -0.1) is 0 Å². The number of nitrogens with zero attached hydrogens (tertiary/aromatic N) is 1. The van der Waals surface area contributed by atoms with Crippen LogP contribution < -0.4 is 10.6 Å². The van der Waals surface area contributed by atoms with Gasteiger partial charge in [0.1, 0.15) is 6.04 Å².